The second-order valence-corrected chi connectivity index (χ2v) is 6.54. The van der Waals surface area contributed by atoms with Gasteiger partial charge in [-0.2, -0.15) is 0 Å². The fraction of sp³-hybridized carbons (Fsp3) is 0.250. The third kappa shape index (κ3) is 2.43. The van der Waals surface area contributed by atoms with Gasteiger partial charge in [0.25, 0.3) is 5.91 Å². The van der Waals surface area contributed by atoms with Crippen molar-refractivity contribution < 1.29 is 14.6 Å². The maximum absolute atomic E-state index is 11.9. The zero-order valence-electron chi connectivity index (χ0n) is 13.9. The van der Waals surface area contributed by atoms with E-state index < -0.39 is 5.91 Å². The van der Waals surface area contributed by atoms with Gasteiger partial charge in [0.2, 0.25) is 0 Å². The van der Waals surface area contributed by atoms with Crippen molar-refractivity contribution >= 4 is 11.6 Å². The Balaban J connectivity index is 1.81. The van der Waals surface area contributed by atoms with E-state index in [0.717, 1.165) is 23.2 Å². The number of phenols is 1. The Morgan fingerprint density at radius 3 is 2.88 bits per heavy atom. The highest BCUT2D eigenvalue weighted by atomic mass is 16.5. The van der Waals surface area contributed by atoms with Crippen molar-refractivity contribution in [2.75, 3.05) is 12.4 Å². The molecule has 4 N–H and O–H groups in total. The number of para-hydroxylation sites is 1. The molecule has 25 heavy (non-hydrogen) atoms. The number of ether oxygens (including phenoxy) is 1. The molecule has 5 heteroatoms. The lowest BCUT2D eigenvalue weighted by atomic mass is 9.76. The van der Waals surface area contributed by atoms with E-state index in [9.17, 15) is 9.90 Å². The number of aromatic hydroxyl groups is 1. The molecule has 1 aliphatic carbocycles. The van der Waals surface area contributed by atoms with Gasteiger partial charge in [-0.05, 0) is 41.7 Å². The molecule has 2 aliphatic rings. The lowest BCUT2D eigenvalue weighted by Gasteiger charge is -2.38. The summed E-state index contributed by atoms with van der Waals surface area (Å²) >= 11 is 0. The Morgan fingerprint density at radius 1 is 1.32 bits per heavy atom. The number of carbonyl (C=O) groups excluding carboxylic acids is 1. The summed E-state index contributed by atoms with van der Waals surface area (Å²) in [5.74, 6) is 0.659. The van der Waals surface area contributed by atoms with Crippen LogP contribution in [0, 0.1) is 5.92 Å². The van der Waals surface area contributed by atoms with Gasteiger partial charge in [0.1, 0.15) is 0 Å². The maximum Gasteiger partial charge on any atom is 0.250 e. The summed E-state index contributed by atoms with van der Waals surface area (Å²) in [5.41, 5.74) is 8.92. The van der Waals surface area contributed by atoms with E-state index in [-0.39, 0.29) is 17.7 Å². The molecule has 128 valence electrons. The second-order valence-electron chi connectivity index (χ2n) is 6.54. The quantitative estimate of drug-likeness (QED) is 0.751. The van der Waals surface area contributed by atoms with Gasteiger partial charge in [0.05, 0.1) is 24.4 Å². The number of rotatable bonds is 3. The first kappa shape index (κ1) is 15.6. The summed E-state index contributed by atoms with van der Waals surface area (Å²) in [4.78, 5) is 11.9. The molecule has 1 heterocycles. The molecule has 0 spiro atoms. The van der Waals surface area contributed by atoms with E-state index in [1.807, 2.05) is 18.2 Å². The monoisotopic (exact) mass is 336 g/mol. The minimum Gasteiger partial charge on any atom is -0.504 e. The molecule has 3 unspecified atom stereocenters. The summed E-state index contributed by atoms with van der Waals surface area (Å²) in [5, 5.41) is 13.7. The standard InChI is InChI=1S/C20H20N2O3/c1-25-17-9-8-11(10-16(17)23)18-13-5-2-4-12(13)14-6-3-7-15(20(21)24)19(14)22-18/h2-4,6-10,12-13,18,22-23H,5H2,1H3,(H2,21,24). The Labute approximate surface area is 146 Å². The molecule has 0 radical (unpaired) electrons. The van der Waals surface area contributed by atoms with Crippen LogP contribution in [0.15, 0.2) is 48.6 Å². The van der Waals surface area contributed by atoms with Crippen LogP contribution in [-0.2, 0) is 0 Å². The molecule has 0 aromatic heterocycles. The first-order valence-electron chi connectivity index (χ1n) is 8.33. The first-order valence-corrected chi connectivity index (χ1v) is 8.33. The van der Waals surface area contributed by atoms with Crippen LogP contribution in [0.25, 0.3) is 0 Å². The minimum absolute atomic E-state index is 0.0233. The number of hydrogen-bond acceptors (Lipinski definition) is 4. The highest BCUT2D eigenvalue weighted by Crippen LogP contribution is 2.51. The van der Waals surface area contributed by atoms with Crippen LogP contribution in [-0.4, -0.2) is 18.1 Å². The molecule has 0 saturated carbocycles. The summed E-state index contributed by atoms with van der Waals surface area (Å²) < 4.78 is 5.14. The number of allylic oxidation sites excluding steroid dienone is 2. The Kier molecular flexibility index (Phi) is 3.64. The highest BCUT2D eigenvalue weighted by Gasteiger charge is 2.39. The molecule has 4 rings (SSSR count). The van der Waals surface area contributed by atoms with Gasteiger partial charge in [-0.25, -0.2) is 0 Å². The largest absolute Gasteiger partial charge is 0.504 e. The summed E-state index contributed by atoms with van der Waals surface area (Å²) in [6.07, 6.45) is 5.32. The number of fused-ring (bicyclic) bond motifs is 3. The molecule has 2 aromatic carbocycles. The average Bonchev–Trinajstić information content (AvgIpc) is 3.10. The van der Waals surface area contributed by atoms with Gasteiger partial charge >= 0.3 is 0 Å². The Bertz CT molecular complexity index is 875. The third-order valence-electron chi connectivity index (χ3n) is 5.22. The van der Waals surface area contributed by atoms with Gasteiger partial charge in [-0.1, -0.05) is 30.4 Å². The number of anilines is 1. The van der Waals surface area contributed by atoms with Crippen LogP contribution in [0.4, 0.5) is 5.69 Å². The summed E-state index contributed by atoms with van der Waals surface area (Å²) in [6.45, 7) is 0. The van der Waals surface area contributed by atoms with Gasteiger partial charge < -0.3 is 20.9 Å². The third-order valence-corrected chi connectivity index (χ3v) is 5.22. The van der Waals surface area contributed by atoms with Crippen LogP contribution in [0.5, 0.6) is 11.5 Å². The van der Waals surface area contributed by atoms with Crippen molar-refractivity contribution in [1.82, 2.24) is 0 Å². The fourth-order valence-corrected chi connectivity index (χ4v) is 4.06. The van der Waals surface area contributed by atoms with Crippen LogP contribution in [0.2, 0.25) is 0 Å². The normalized spacial score (nSPS) is 23.5. The van der Waals surface area contributed by atoms with E-state index in [1.165, 1.54) is 7.11 Å². The average molecular weight is 336 g/mol. The van der Waals surface area contributed by atoms with Crippen LogP contribution in [0.1, 0.15) is 39.9 Å². The van der Waals surface area contributed by atoms with Gasteiger partial charge in [-0.3, -0.25) is 4.79 Å². The number of benzene rings is 2. The molecular formula is C20H20N2O3. The fourth-order valence-electron chi connectivity index (χ4n) is 4.06. The van der Waals surface area contributed by atoms with Crippen molar-refractivity contribution in [1.29, 1.82) is 0 Å². The summed E-state index contributed by atoms with van der Waals surface area (Å²) in [7, 11) is 1.53. The lowest BCUT2D eigenvalue weighted by Crippen LogP contribution is -2.31. The number of primary amides is 1. The molecule has 0 fully saturated rings. The minimum atomic E-state index is -0.443. The number of hydrogen-bond donors (Lipinski definition) is 3. The van der Waals surface area contributed by atoms with Crippen LogP contribution >= 0.6 is 0 Å². The topological polar surface area (TPSA) is 84.6 Å². The molecule has 0 saturated heterocycles. The van der Waals surface area contributed by atoms with Gasteiger partial charge in [-0.15, -0.1) is 0 Å². The van der Waals surface area contributed by atoms with E-state index in [1.54, 1.807) is 18.2 Å². The van der Waals surface area contributed by atoms with Crippen molar-refractivity contribution in [3.63, 3.8) is 0 Å². The van der Waals surface area contributed by atoms with Crippen molar-refractivity contribution in [2.24, 2.45) is 11.7 Å². The van der Waals surface area contributed by atoms with E-state index in [2.05, 4.69) is 17.5 Å². The van der Waals surface area contributed by atoms with E-state index in [4.69, 9.17) is 10.5 Å². The van der Waals surface area contributed by atoms with Gasteiger partial charge in [0, 0.05) is 5.92 Å². The number of nitrogens with two attached hydrogens (primary N) is 1. The number of amides is 1. The molecule has 0 bridgehead atoms. The lowest BCUT2D eigenvalue weighted by molar-refractivity contribution is 0.100. The molecular weight excluding hydrogens is 316 g/mol. The SMILES string of the molecule is COc1ccc(C2Nc3c(C(N)=O)cccc3C3C=CCC32)cc1O. The summed E-state index contributed by atoms with van der Waals surface area (Å²) in [6, 6.07) is 11.1. The predicted molar refractivity (Wildman–Crippen MR) is 96.0 cm³/mol. The van der Waals surface area contributed by atoms with Crippen LogP contribution in [0.3, 0.4) is 0 Å². The van der Waals surface area contributed by atoms with Crippen molar-refractivity contribution in [3.05, 3.63) is 65.2 Å². The molecule has 3 atom stereocenters. The van der Waals surface area contributed by atoms with Gasteiger partial charge in [0.15, 0.2) is 11.5 Å². The number of phenolic OH excluding ortho intramolecular Hbond substituents is 1. The Hall–Kier alpha value is -2.95. The molecule has 2 aromatic rings. The molecule has 1 aliphatic heterocycles. The van der Waals surface area contributed by atoms with E-state index >= 15 is 0 Å². The second kappa shape index (κ2) is 5.84. The highest BCUT2D eigenvalue weighted by molar-refractivity contribution is 5.99. The number of methoxy groups -OCH3 is 1. The smallest absolute Gasteiger partial charge is 0.250 e. The van der Waals surface area contributed by atoms with Crippen molar-refractivity contribution in [2.45, 2.75) is 18.4 Å². The zero-order valence-corrected chi connectivity index (χ0v) is 13.9. The Morgan fingerprint density at radius 2 is 2.16 bits per heavy atom. The van der Waals surface area contributed by atoms with Crippen LogP contribution < -0.4 is 15.8 Å². The molecule has 1 amide bonds. The number of carbonyl (C=O) groups is 1. The zero-order chi connectivity index (χ0) is 17.6. The number of nitrogens with one attached hydrogen (secondary N) is 1. The van der Waals surface area contributed by atoms with Crippen molar-refractivity contribution in [3.8, 4) is 11.5 Å². The maximum atomic E-state index is 11.9. The molecule has 5 nitrogen and oxygen atoms in total. The predicted octanol–water partition coefficient (Wildman–Crippen LogP) is 3.33. The first-order chi connectivity index (χ1) is 12.1. The van der Waals surface area contributed by atoms with E-state index in [0.29, 0.717) is 17.2 Å².